The summed E-state index contributed by atoms with van der Waals surface area (Å²) < 4.78 is 68.4. The lowest BCUT2D eigenvalue weighted by Gasteiger charge is -2.21. The molecule has 0 amide bonds. The number of hydrogen-bond donors (Lipinski definition) is 3. The van der Waals surface area contributed by atoms with Crippen molar-refractivity contribution in [3.63, 3.8) is 0 Å². The maximum Gasteiger partial charge on any atom is 0.472 e. The Labute approximate surface area is 562 Å². The number of aliphatic hydroxyl groups excluding tert-OH is 1. The van der Waals surface area contributed by atoms with Crippen LogP contribution in [0.2, 0.25) is 0 Å². The second-order valence-electron chi connectivity index (χ2n) is 27.8. The minimum absolute atomic E-state index is 0.103. The van der Waals surface area contributed by atoms with Crippen LogP contribution in [0.1, 0.15) is 364 Å². The van der Waals surface area contributed by atoms with Crippen molar-refractivity contribution in [2.45, 2.75) is 382 Å². The molecule has 0 spiro atoms. The lowest BCUT2D eigenvalue weighted by atomic mass is 9.99. The highest BCUT2D eigenvalue weighted by Crippen LogP contribution is 2.45. The molecule has 0 aromatic heterocycles. The van der Waals surface area contributed by atoms with Crippen molar-refractivity contribution in [2.75, 3.05) is 39.6 Å². The average Bonchev–Trinajstić information content (AvgIpc) is 2.44. The van der Waals surface area contributed by atoms with Crippen molar-refractivity contribution in [2.24, 2.45) is 23.7 Å². The lowest BCUT2D eigenvalue weighted by Crippen LogP contribution is -2.30. The molecule has 4 unspecified atom stereocenters. The van der Waals surface area contributed by atoms with Gasteiger partial charge in [0.05, 0.1) is 26.4 Å². The standard InChI is InChI=1S/C73H142O17P2/c1-9-65(7)51-43-35-26-20-15-13-11-12-14-16-21-28-37-45-53-70(75)83-59-68(89-72(77)55-47-39-29-22-18-17-19-25-33-41-49-63(3)4)61-87-91(79,80)85-57-67(74)58-86-92(81,82)88-62-69(60-84-71(76)54-46-38-32-31-34-42-50-64(5)6)90-73(78)56-48-40-30-24-23-27-36-44-52-66(8)10-2/h63-69,74H,9-62H2,1-8H3,(H,79,80)(H,81,82)/t65?,66?,67-,68-,69-/m1/s1. The molecule has 0 aliphatic heterocycles. The molecule has 19 heteroatoms. The Kier molecular flexibility index (Phi) is 61.3. The van der Waals surface area contributed by atoms with Gasteiger partial charge in [-0.2, -0.15) is 0 Å². The van der Waals surface area contributed by atoms with Crippen molar-refractivity contribution in [1.29, 1.82) is 0 Å². The Morgan fingerprint density at radius 2 is 0.522 bits per heavy atom. The first kappa shape index (κ1) is 90.1. The number of rotatable bonds is 70. The monoisotopic (exact) mass is 1350 g/mol. The van der Waals surface area contributed by atoms with Gasteiger partial charge >= 0.3 is 39.5 Å². The molecule has 0 fully saturated rings. The van der Waals surface area contributed by atoms with Crippen LogP contribution in [-0.4, -0.2) is 96.7 Å². The van der Waals surface area contributed by atoms with E-state index in [1.54, 1.807) is 0 Å². The van der Waals surface area contributed by atoms with Gasteiger partial charge in [-0.1, -0.05) is 312 Å². The van der Waals surface area contributed by atoms with Gasteiger partial charge in [-0.3, -0.25) is 37.3 Å². The molecule has 0 saturated heterocycles. The van der Waals surface area contributed by atoms with E-state index in [1.807, 2.05) is 0 Å². The minimum atomic E-state index is -4.96. The van der Waals surface area contributed by atoms with Gasteiger partial charge < -0.3 is 33.8 Å². The number of carbonyl (C=O) groups excluding carboxylic acids is 4. The van der Waals surface area contributed by atoms with Crippen LogP contribution in [0, 0.1) is 23.7 Å². The molecule has 0 radical (unpaired) electrons. The summed E-state index contributed by atoms with van der Waals surface area (Å²) in [5.41, 5.74) is 0. The van der Waals surface area contributed by atoms with E-state index in [4.69, 9.17) is 37.0 Å². The van der Waals surface area contributed by atoms with Gasteiger partial charge in [-0.15, -0.1) is 0 Å². The Hall–Kier alpha value is -1.94. The summed E-state index contributed by atoms with van der Waals surface area (Å²) in [4.78, 5) is 72.6. The normalized spacial score (nSPS) is 14.8. The topological polar surface area (TPSA) is 237 Å². The molecule has 3 N–H and O–H groups in total. The van der Waals surface area contributed by atoms with Crippen molar-refractivity contribution < 1.29 is 80.2 Å². The number of unbranched alkanes of at least 4 members (excludes halogenated alkanes) is 34. The summed E-state index contributed by atoms with van der Waals surface area (Å²) >= 11 is 0. The SMILES string of the molecule is CCC(C)CCCCCCCCCCCCCCCCC(=O)OC[C@H](COP(=O)(O)OC[C@@H](O)COP(=O)(O)OC[C@@H](COC(=O)CCCCCCCCC(C)C)OC(=O)CCCCCCCCCCC(C)CC)OC(=O)CCCCCCCCCCCCC(C)C. The zero-order valence-electron chi connectivity index (χ0n) is 60.2. The number of aliphatic hydroxyl groups is 1. The first-order valence-electron chi connectivity index (χ1n) is 37.8. The number of esters is 4. The van der Waals surface area contributed by atoms with E-state index in [0.29, 0.717) is 31.6 Å². The van der Waals surface area contributed by atoms with Gasteiger partial charge in [0.25, 0.3) is 0 Å². The molecule has 0 aromatic carbocycles. The number of phosphoric ester groups is 2. The Morgan fingerprint density at radius 1 is 0.304 bits per heavy atom. The van der Waals surface area contributed by atoms with Gasteiger partial charge in [0.15, 0.2) is 12.2 Å². The van der Waals surface area contributed by atoms with Crippen LogP contribution in [0.25, 0.3) is 0 Å². The van der Waals surface area contributed by atoms with Gasteiger partial charge in [-0.25, -0.2) is 9.13 Å². The second kappa shape index (κ2) is 62.6. The molecule has 0 heterocycles. The van der Waals surface area contributed by atoms with Gasteiger partial charge in [0.1, 0.15) is 19.3 Å². The summed E-state index contributed by atoms with van der Waals surface area (Å²) in [5.74, 6) is 0.923. The van der Waals surface area contributed by atoms with Gasteiger partial charge in [0.2, 0.25) is 0 Å². The Bertz CT molecular complexity index is 1820. The summed E-state index contributed by atoms with van der Waals surface area (Å²) in [5, 5.41) is 10.6. The predicted molar refractivity (Wildman–Crippen MR) is 372 cm³/mol. The number of carbonyl (C=O) groups is 4. The molecule has 0 saturated carbocycles. The third-order valence-corrected chi connectivity index (χ3v) is 19.4. The van der Waals surface area contributed by atoms with Gasteiger partial charge in [0, 0.05) is 25.7 Å². The molecule has 0 aromatic rings. The molecule has 0 rings (SSSR count). The minimum Gasteiger partial charge on any atom is -0.462 e. The first-order chi connectivity index (χ1) is 44.2. The quantitative estimate of drug-likeness (QED) is 0.0222. The maximum atomic E-state index is 13.1. The third-order valence-electron chi connectivity index (χ3n) is 17.5. The van der Waals surface area contributed by atoms with E-state index >= 15 is 0 Å². The van der Waals surface area contributed by atoms with E-state index < -0.39 is 97.5 Å². The van der Waals surface area contributed by atoms with E-state index in [2.05, 4.69) is 55.4 Å². The molecule has 92 heavy (non-hydrogen) atoms. The zero-order chi connectivity index (χ0) is 68.2. The van der Waals surface area contributed by atoms with E-state index in [1.165, 1.54) is 161 Å². The third kappa shape index (κ3) is 64.1. The van der Waals surface area contributed by atoms with Crippen LogP contribution >= 0.6 is 15.6 Å². The number of phosphoric acid groups is 2. The molecular formula is C73H142O17P2. The maximum absolute atomic E-state index is 13.1. The fourth-order valence-corrected chi connectivity index (χ4v) is 12.5. The molecule has 0 bridgehead atoms. The fraction of sp³-hybridized carbons (Fsp3) is 0.945. The zero-order valence-corrected chi connectivity index (χ0v) is 62.0. The fourth-order valence-electron chi connectivity index (χ4n) is 11.0. The van der Waals surface area contributed by atoms with Crippen LogP contribution < -0.4 is 0 Å². The molecule has 7 atom stereocenters. The molecule has 546 valence electrons. The first-order valence-corrected chi connectivity index (χ1v) is 40.8. The predicted octanol–water partition coefficient (Wildman–Crippen LogP) is 20.9. The van der Waals surface area contributed by atoms with Gasteiger partial charge in [-0.05, 0) is 49.4 Å². The summed E-state index contributed by atoms with van der Waals surface area (Å²) in [6, 6.07) is 0. The Balaban J connectivity index is 5.23. The van der Waals surface area contributed by atoms with Crippen LogP contribution in [0.5, 0.6) is 0 Å². The molecule has 0 aliphatic rings. The molecule has 17 nitrogen and oxygen atoms in total. The van der Waals surface area contributed by atoms with Crippen molar-refractivity contribution in [3.8, 4) is 0 Å². The number of hydrogen-bond acceptors (Lipinski definition) is 15. The second-order valence-corrected chi connectivity index (χ2v) is 30.7. The van der Waals surface area contributed by atoms with Crippen LogP contribution in [0.15, 0.2) is 0 Å². The number of ether oxygens (including phenoxy) is 4. The Morgan fingerprint density at radius 3 is 0.772 bits per heavy atom. The van der Waals surface area contributed by atoms with E-state index in [9.17, 15) is 43.2 Å². The molecule has 0 aliphatic carbocycles. The smallest absolute Gasteiger partial charge is 0.462 e. The highest BCUT2D eigenvalue weighted by atomic mass is 31.2. The van der Waals surface area contributed by atoms with E-state index in [-0.39, 0.29) is 25.7 Å². The van der Waals surface area contributed by atoms with Crippen molar-refractivity contribution in [3.05, 3.63) is 0 Å². The van der Waals surface area contributed by atoms with Crippen molar-refractivity contribution in [1.82, 2.24) is 0 Å². The summed E-state index contributed by atoms with van der Waals surface area (Å²) in [6.07, 6.45) is 45.9. The van der Waals surface area contributed by atoms with Crippen LogP contribution in [0.4, 0.5) is 0 Å². The highest BCUT2D eigenvalue weighted by molar-refractivity contribution is 7.47. The highest BCUT2D eigenvalue weighted by Gasteiger charge is 2.30. The largest absolute Gasteiger partial charge is 0.472 e. The van der Waals surface area contributed by atoms with Crippen LogP contribution in [0.3, 0.4) is 0 Å². The van der Waals surface area contributed by atoms with E-state index in [0.717, 1.165) is 114 Å². The average molecular weight is 1350 g/mol. The lowest BCUT2D eigenvalue weighted by molar-refractivity contribution is -0.161. The van der Waals surface area contributed by atoms with Crippen molar-refractivity contribution >= 4 is 39.5 Å². The summed E-state index contributed by atoms with van der Waals surface area (Å²) in [6.45, 7) is 14.1. The summed E-state index contributed by atoms with van der Waals surface area (Å²) in [7, 11) is -9.91. The van der Waals surface area contributed by atoms with Crippen LogP contribution in [-0.2, 0) is 65.4 Å². The molecular weight excluding hydrogens is 1210 g/mol.